The number of hydrogen-bond acceptors (Lipinski definition) is 4. The van der Waals surface area contributed by atoms with Gasteiger partial charge >= 0.3 is 0 Å². The van der Waals surface area contributed by atoms with Crippen LogP contribution in [0.2, 0.25) is 0 Å². The van der Waals surface area contributed by atoms with Gasteiger partial charge < -0.3 is 11.1 Å². The number of nitrogens with one attached hydrogen (secondary N) is 1. The Kier molecular flexibility index (Phi) is 5.40. The van der Waals surface area contributed by atoms with Crippen LogP contribution in [-0.2, 0) is 0 Å². The van der Waals surface area contributed by atoms with Gasteiger partial charge in [0.1, 0.15) is 5.82 Å². The molecule has 5 nitrogen and oxygen atoms in total. The molecule has 3 N–H and O–H groups in total. The highest BCUT2D eigenvalue weighted by molar-refractivity contribution is 5.85. The van der Waals surface area contributed by atoms with Crippen LogP contribution in [0.1, 0.15) is 25.0 Å². The van der Waals surface area contributed by atoms with Gasteiger partial charge in [-0.05, 0) is 26.2 Å². The summed E-state index contributed by atoms with van der Waals surface area (Å²) in [6.07, 6.45) is 5.03. The molecular weight excluding hydrogens is 285 g/mol. The van der Waals surface area contributed by atoms with Crippen LogP contribution in [-0.4, -0.2) is 26.7 Å². The molecule has 0 aromatic carbocycles. The van der Waals surface area contributed by atoms with Crippen molar-refractivity contribution < 1.29 is 0 Å². The second-order valence-corrected chi connectivity index (χ2v) is 4.80. The first kappa shape index (κ1) is 16.0. The van der Waals surface area contributed by atoms with E-state index in [0.29, 0.717) is 12.1 Å². The minimum atomic E-state index is 0. The molecule has 0 aliphatic heterocycles. The first-order chi connectivity index (χ1) is 8.22. The number of aromatic nitrogens is 3. The summed E-state index contributed by atoms with van der Waals surface area (Å²) in [4.78, 5) is 4.42. The van der Waals surface area contributed by atoms with Crippen LogP contribution in [0, 0.1) is 6.92 Å². The third-order valence-corrected chi connectivity index (χ3v) is 3.31. The zero-order valence-electron chi connectivity index (χ0n) is 10.7. The number of nitrogens with two attached hydrogens (primary N) is 1. The van der Waals surface area contributed by atoms with Crippen molar-refractivity contribution in [3.05, 3.63) is 24.0 Å². The maximum Gasteiger partial charge on any atom is 0.157 e. The predicted octanol–water partition coefficient (Wildman–Crippen LogP) is 2.17. The highest BCUT2D eigenvalue weighted by Gasteiger charge is 2.22. The average molecular weight is 304 g/mol. The van der Waals surface area contributed by atoms with Gasteiger partial charge in [0.15, 0.2) is 5.65 Å². The number of nitrogens with zero attached hydrogens (tertiary/aromatic N) is 3. The van der Waals surface area contributed by atoms with Crippen molar-refractivity contribution in [1.29, 1.82) is 0 Å². The van der Waals surface area contributed by atoms with Crippen molar-refractivity contribution in [2.24, 2.45) is 5.73 Å². The van der Waals surface area contributed by atoms with Gasteiger partial charge in [-0.3, -0.25) is 0 Å². The fourth-order valence-electron chi connectivity index (χ4n) is 2.50. The molecule has 0 saturated heterocycles. The third-order valence-electron chi connectivity index (χ3n) is 3.31. The molecule has 0 amide bonds. The summed E-state index contributed by atoms with van der Waals surface area (Å²) in [6, 6.07) is 4.74. The molecule has 3 rings (SSSR count). The molecule has 2 aromatic rings. The van der Waals surface area contributed by atoms with Gasteiger partial charge in [0, 0.05) is 29.9 Å². The normalized spacial score (nSPS) is 21.8. The quantitative estimate of drug-likeness (QED) is 0.892. The molecule has 0 unspecified atom stereocenters. The van der Waals surface area contributed by atoms with Crippen LogP contribution in [0.15, 0.2) is 18.3 Å². The van der Waals surface area contributed by atoms with E-state index in [9.17, 15) is 0 Å². The Balaban J connectivity index is 0.000000902. The van der Waals surface area contributed by atoms with Crippen LogP contribution in [0.3, 0.4) is 0 Å². The van der Waals surface area contributed by atoms with Crippen molar-refractivity contribution in [2.75, 3.05) is 5.32 Å². The van der Waals surface area contributed by atoms with E-state index in [1.807, 2.05) is 23.6 Å². The standard InChI is InChI=1S/C12H17N5.2ClH/c1-8-6-12(16-10-3-2-9(13)7-10)17-11(15-8)4-5-14-17;;/h4-6,9-10,16H,2-3,7,13H2,1H3;2*1H/t9-,10+;;/m1../s1. The van der Waals surface area contributed by atoms with E-state index in [1.165, 1.54) is 0 Å². The Bertz CT molecular complexity index is 542. The maximum atomic E-state index is 5.93. The Morgan fingerprint density at radius 1 is 1.37 bits per heavy atom. The van der Waals surface area contributed by atoms with E-state index in [4.69, 9.17) is 5.73 Å². The number of rotatable bonds is 2. The summed E-state index contributed by atoms with van der Waals surface area (Å²) in [7, 11) is 0. The van der Waals surface area contributed by atoms with Crippen LogP contribution in [0.5, 0.6) is 0 Å². The summed E-state index contributed by atoms with van der Waals surface area (Å²) in [5.74, 6) is 1.01. The molecule has 2 aromatic heterocycles. The lowest BCUT2D eigenvalue weighted by atomic mass is 10.2. The highest BCUT2D eigenvalue weighted by atomic mass is 35.5. The molecule has 19 heavy (non-hydrogen) atoms. The maximum absolute atomic E-state index is 5.93. The number of aryl methyl sites for hydroxylation is 1. The zero-order chi connectivity index (χ0) is 11.8. The Hall–Kier alpha value is -1.04. The molecule has 2 atom stereocenters. The molecule has 106 valence electrons. The average Bonchev–Trinajstić information content (AvgIpc) is 2.87. The van der Waals surface area contributed by atoms with E-state index in [1.54, 1.807) is 6.20 Å². The lowest BCUT2D eigenvalue weighted by Crippen LogP contribution is -2.22. The molecular formula is C12H19Cl2N5. The van der Waals surface area contributed by atoms with Gasteiger partial charge in [-0.2, -0.15) is 9.61 Å². The molecule has 0 spiro atoms. The first-order valence-corrected chi connectivity index (χ1v) is 6.06. The minimum Gasteiger partial charge on any atom is -0.367 e. The summed E-state index contributed by atoms with van der Waals surface area (Å²) >= 11 is 0. The molecule has 1 saturated carbocycles. The van der Waals surface area contributed by atoms with E-state index >= 15 is 0 Å². The molecule has 1 aliphatic rings. The number of halogens is 2. The predicted molar refractivity (Wildman–Crippen MR) is 81.5 cm³/mol. The topological polar surface area (TPSA) is 68.2 Å². The molecule has 7 heteroatoms. The van der Waals surface area contributed by atoms with Crippen LogP contribution < -0.4 is 11.1 Å². The van der Waals surface area contributed by atoms with Gasteiger partial charge in [-0.1, -0.05) is 0 Å². The fraction of sp³-hybridized carbons (Fsp3) is 0.500. The first-order valence-electron chi connectivity index (χ1n) is 6.06. The van der Waals surface area contributed by atoms with E-state index in [0.717, 1.165) is 36.4 Å². The Morgan fingerprint density at radius 2 is 2.16 bits per heavy atom. The molecule has 0 radical (unpaired) electrons. The van der Waals surface area contributed by atoms with Crippen molar-refractivity contribution >= 4 is 36.3 Å². The SMILES string of the molecule is Cc1cc(N[C@H]2CC[C@@H](N)C2)n2nccc2n1.Cl.Cl. The Morgan fingerprint density at radius 3 is 2.84 bits per heavy atom. The smallest absolute Gasteiger partial charge is 0.157 e. The second kappa shape index (κ2) is 6.41. The van der Waals surface area contributed by atoms with Crippen molar-refractivity contribution in [1.82, 2.24) is 14.6 Å². The lowest BCUT2D eigenvalue weighted by molar-refractivity contribution is 0.684. The summed E-state index contributed by atoms with van der Waals surface area (Å²) in [6.45, 7) is 2.00. The Labute approximate surface area is 124 Å². The third kappa shape index (κ3) is 3.29. The van der Waals surface area contributed by atoms with E-state index in [2.05, 4.69) is 15.4 Å². The summed E-state index contributed by atoms with van der Waals surface area (Å²) in [5, 5.41) is 7.80. The van der Waals surface area contributed by atoms with Crippen molar-refractivity contribution in [3.63, 3.8) is 0 Å². The molecule has 1 aliphatic carbocycles. The number of anilines is 1. The highest BCUT2D eigenvalue weighted by Crippen LogP contribution is 2.22. The second-order valence-electron chi connectivity index (χ2n) is 4.80. The number of hydrogen-bond donors (Lipinski definition) is 2. The lowest BCUT2D eigenvalue weighted by Gasteiger charge is -2.15. The fourth-order valence-corrected chi connectivity index (χ4v) is 2.50. The van der Waals surface area contributed by atoms with Gasteiger partial charge in [0.2, 0.25) is 0 Å². The number of fused-ring (bicyclic) bond motifs is 1. The van der Waals surface area contributed by atoms with Crippen molar-refractivity contribution in [3.8, 4) is 0 Å². The molecule has 1 fully saturated rings. The summed E-state index contributed by atoms with van der Waals surface area (Å²) in [5.41, 5.74) is 7.81. The van der Waals surface area contributed by atoms with Gasteiger partial charge in [0.05, 0.1) is 6.20 Å². The summed E-state index contributed by atoms with van der Waals surface area (Å²) < 4.78 is 1.84. The van der Waals surface area contributed by atoms with Crippen molar-refractivity contribution in [2.45, 2.75) is 38.3 Å². The van der Waals surface area contributed by atoms with E-state index in [-0.39, 0.29) is 24.8 Å². The largest absolute Gasteiger partial charge is 0.367 e. The van der Waals surface area contributed by atoms with Gasteiger partial charge in [-0.25, -0.2) is 4.98 Å². The van der Waals surface area contributed by atoms with Crippen LogP contribution in [0.25, 0.3) is 5.65 Å². The zero-order valence-corrected chi connectivity index (χ0v) is 12.4. The van der Waals surface area contributed by atoms with Gasteiger partial charge in [0.25, 0.3) is 0 Å². The van der Waals surface area contributed by atoms with Crippen LogP contribution in [0.4, 0.5) is 5.82 Å². The molecule has 0 bridgehead atoms. The van der Waals surface area contributed by atoms with E-state index < -0.39 is 0 Å². The molecule has 2 heterocycles. The van der Waals surface area contributed by atoms with Crippen LogP contribution >= 0.6 is 24.8 Å². The monoisotopic (exact) mass is 303 g/mol. The van der Waals surface area contributed by atoms with Gasteiger partial charge in [-0.15, -0.1) is 24.8 Å². The minimum absolute atomic E-state index is 0.